The monoisotopic (exact) mass is 365 g/mol. The van der Waals surface area contributed by atoms with Crippen LogP contribution < -0.4 is 5.32 Å². The summed E-state index contributed by atoms with van der Waals surface area (Å²) in [6.07, 6.45) is 5.04. The van der Waals surface area contributed by atoms with Crippen molar-refractivity contribution in [2.24, 2.45) is 5.92 Å². The fraction of sp³-hybridized carbons (Fsp3) is 0.529. The molecule has 3 N–H and O–H groups in total. The molecule has 0 aromatic carbocycles. The zero-order valence-corrected chi connectivity index (χ0v) is 15.4. The molecule has 0 fully saturated rings. The maximum atomic E-state index is 9.10. The molecule has 8 heteroatoms. The van der Waals surface area contributed by atoms with Gasteiger partial charge in [0.2, 0.25) is 0 Å². The van der Waals surface area contributed by atoms with Gasteiger partial charge in [-0.2, -0.15) is 0 Å². The van der Waals surface area contributed by atoms with E-state index in [1.54, 1.807) is 0 Å². The number of rotatable bonds is 3. The van der Waals surface area contributed by atoms with E-state index in [-0.39, 0.29) is 0 Å². The molecule has 0 radical (unpaired) electrons. The minimum absolute atomic E-state index is 0.625. The summed E-state index contributed by atoms with van der Waals surface area (Å²) in [5.41, 5.74) is 1.51. The number of hydrogen-bond acceptors (Lipinski definition) is 6. The molecule has 0 bridgehead atoms. The van der Waals surface area contributed by atoms with Crippen molar-refractivity contribution >= 4 is 39.3 Å². The van der Waals surface area contributed by atoms with Crippen LogP contribution in [0.25, 0.3) is 10.2 Å². The van der Waals surface area contributed by atoms with E-state index in [9.17, 15) is 0 Å². The van der Waals surface area contributed by atoms with Crippen molar-refractivity contribution in [2.75, 3.05) is 11.9 Å². The number of nitrogens with one attached hydrogen (secondary N) is 1. The molecule has 3 rings (SSSR count). The van der Waals surface area contributed by atoms with E-state index in [2.05, 4.69) is 29.1 Å². The third-order valence-electron chi connectivity index (χ3n) is 3.79. The van der Waals surface area contributed by atoms with Crippen molar-refractivity contribution in [3.05, 3.63) is 16.3 Å². The standard InChI is InChI=1S/C15H21N3S.C2H2O4/c1-9(2)8-16-14-13-11-6-4-5-7-12(11)19-15(13)18-10(3)17-14;3-1(4)2(5)6/h9H,4-8H2,1-3H3,(H,16,17,18);(H,3,4)(H,5,6). The Morgan fingerprint density at radius 1 is 1.16 bits per heavy atom. The Morgan fingerprint density at radius 2 is 1.80 bits per heavy atom. The molecule has 2 heterocycles. The second-order valence-electron chi connectivity index (χ2n) is 6.40. The molecule has 7 nitrogen and oxygen atoms in total. The van der Waals surface area contributed by atoms with Crippen LogP contribution in [0.4, 0.5) is 5.82 Å². The molecule has 136 valence electrons. The lowest BCUT2D eigenvalue weighted by atomic mass is 9.97. The van der Waals surface area contributed by atoms with E-state index in [1.165, 1.54) is 46.3 Å². The van der Waals surface area contributed by atoms with Crippen LogP contribution in [-0.2, 0) is 22.4 Å². The molecule has 1 aliphatic rings. The first kappa shape index (κ1) is 19.1. The van der Waals surface area contributed by atoms with Gasteiger partial charge in [0.15, 0.2) is 0 Å². The maximum absolute atomic E-state index is 9.10. The van der Waals surface area contributed by atoms with Crippen molar-refractivity contribution < 1.29 is 19.8 Å². The third kappa shape index (κ3) is 4.88. The Bertz CT molecular complexity index is 774. The highest BCUT2D eigenvalue weighted by molar-refractivity contribution is 7.19. The summed E-state index contributed by atoms with van der Waals surface area (Å²) in [4.78, 5) is 30.2. The molecule has 0 unspecified atom stereocenters. The van der Waals surface area contributed by atoms with E-state index in [0.29, 0.717) is 5.92 Å². The number of aryl methyl sites for hydroxylation is 3. The van der Waals surface area contributed by atoms with Crippen molar-refractivity contribution in [1.29, 1.82) is 0 Å². The van der Waals surface area contributed by atoms with Crippen LogP contribution in [0.2, 0.25) is 0 Å². The second-order valence-corrected chi connectivity index (χ2v) is 7.48. The predicted octanol–water partition coefficient (Wildman–Crippen LogP) is 3.10. The Kier molecular flexibility index (Phi) is 6.30. The number of carboxylic acids is 2. The van der Waals surface area contributed by atoms with Gasteiger partial charge in [0.05, 0.1) is 5.39 Å². The number of nitrogens with zero attached hydrogens (tertiary/aromatic N) is 2. The zero-order chi connectivity index (χ0) is 18.6. The number of hydrogen-bond donors (Lipinski definition) is 3. The van der Waals surface area contributed by atoms with Crippen LogP contribution in [0.1, 0.15) is 43.0 Å². The normalized spacial score (nSPS) is 13.1. The lowest BCUT2D eigenvalue weighted by Crippen LogP contribution is -2.11. The minimum Gasteiger partial charge on any atom is -0.473 e. The highest BCUT2D eigenvalue weighted by atomic mass is 32.1. The number of carboxylic acid groups (broad SMARTS) is 2. The first-order valence-corrected chi connectivity index (χ1v) is 9.10. The largest absolute Gasteiger partial charge is 0.473 e. The molecule has 0 aliphatic heterocycles. The Hall–Kier alpha value is -2.22. The fourth-order valence-corrected chi connectivity index (χ4v) is 4.00. The van der Waals surface area contributed by atoms with Crippen LogP contribution in [0.15, 0.2) is 0 Å². The van der Waals surface area contributed by atoms with Crippen molar-refractivity contribution in [3.63, 3.8) is 0 Å². The smallest absolute Gasteiger partial charge is 0.414 e. The van der Waals surface area contributed by atoms with E-state index in [0.717, 1.165) is 18.2 Å². The van der Waals surface area contributed by atoms with E-state index in [4.69, 9.17) is 19.8 Å². The van der Waals surface area contributed by atoms with Crippen molar-refractivity contribution in [3.8, 4) is 0 Å². The van der Waals surface area contributed by atoms with Gasteiger partial charge in [0.1, 0.15) is 16.5 Å². The Morgan fingerprint density at radius 3 is 2.40 bits per heavy atom. The molecule has 0 atom stereocenters. The molecule has 2 aromatic rings. The van der Waals surface area contributed by atoms with E-state index < -0.39 is 11.9 Å². The van der Waals surface area contributed by atoms with Crippen LogP contribution >= 0.6 is 11.3 Å². The fourth-order valence-electron chi connectivity index (χ4n) is 2.69. The SMILES string of the molecule is Cc1nc(NCC(C)C)c2c3c(sc2n1)CCCC3.O=C(O)C(=O)O. The lowest BCUT2D eigenvalue weighted by molar-refractivity contribution is -0.159. The summed E-state index contributed by atoms with van der Waals surface area (Å²) >= 11 is 1.87. The van der Waals surface area contributed by atoms with Gasteiger partial charge < -0.3 is 15.5 Å². The average molecular weight is 365 g/mol. The minimum atomic E-state index is -1.82. The molecule has 25 heavy (non-hydrogen) atoms. The van der Waals surface area contributed by atoms with Crippen molar-refractivity contribution in [1.82, 2.24) is 9.97 Å². The summed E-state index contributed by atoms with van der Waals surface area (Å²) in [5.74, 6) is -1.10. The Labute approximate surface area is 150 Å². The first-order valence-electron chi connectivity index (χ1n) is 8.28. The van der Waals surface area contributed by atoms with Gasteiger partial charge >= 0.3 is 11.9 Å². The summed E-state index contributed by atoms with van der Waals surface area (Å²) in [6.45, 7) is 7.40. The zero-order valence-electron chi connectivity index (χ0n) is 14.6. The summed E-state index contributed by atoms with van der Waals surface area (Å²) in [5, 5.41) is 19.6. The predicted molar refractivity (Wildman–Crippen MR) is 97.4 cm³/mol. The van der Waals surface area contributed by atoms with Crippen LogP contribution in [0.5, 0.6) is 0 Å². The van der Waals surface area contributed by atoms with Gasteiger partial charge in [-0.15, -0.1) is 11.3 Å². The van der Waals surface area contributed by atoms with Gasteiger partial charge in [-0.1, -0.05) is 13.8 Å². The van der Waals surface area contributed by atoms with Gasteiger partial charge in [-0.3, -0.25) is 0 Å². The van der Waals surface area contributed by atoms with Gasteiger partial charge in [-0.05, 0) is 44.1 Å². The van der Waals surface area contributed by atoms with Crippen LogP contribution in [0.3, 0.4) is 0 Å². The lowest BCUT2D eigenvalue weighted by Gasteiger charge is -2.13. The van der Waals surface area contributed by atoms with Gasteiger partial charge in [-0.25, -0.2) is 19.6 Å². The maximum Gasteiger partial charge on any atom is 0.414 e. The second kappa shape index (κ2) is 8.24. The quantitative estimate of drug-likeness (QED) is 0.716. The number of carbonyl (C=O) groups is 2. The molecule has 1 aliphatic carbocycles. The van der Waals surface area contributed by atoms with Gasteiger partial charge in [0, 0.05) is 11.4 Å². The molecular weight excluding hydrogens is 342 g/mol. The molecule has 0 spiro atoms. The number of fused-ring (bicyclic) bond motifs is 3. The number of anilines is 1. The summed E-state index contributed by atoms with van der Waals surface area (Å²) in [6, 6.07) is 0. The molecule has 0 amide bonds. The molecule has 2 aromatic heterocycles. The van der Waals surface area contributed by atoms with Gasteiger partial charge in [0.25, 0.3) is 0 Å². The number of aliphatic carboxylic acids is 2. The number of thiophene rings is 1. The Balaban J connectivity index is 0.000000326. The molecule has 0 saturated heterocycles. The highest BCUT2D eigenvalue weighted by Crippen LogP contribution is 2.38. The van der Waals surface area contributed by atoms with E-state index in [1.807, 2.05) is 18.3 Å². The molecular formula is C17H23N3O4S. The average Bonchev–Trinajstić information content (AvgIpc) is 2.91. The van der Waals surface area contributed by atoms with Crippen LogP contribution in [-0.4, -0.2) is 38.7 Å². The third-order valence-corrected chi connectivity index (χ3v) is 4.97. The van der Waals surface area contributed by atoms with Crippen LogP contribution in [0, 0.1) is 12.8 Å². The highest BCUT2D eigenvalue weighted by Gasteiger charge is 2.20. The van der Waals surface area contributed by atoms with Crippen molar-refractivity contribution in [2.45, 2.75) is 46.5 Å². The topological polar surface area (TPSA) is 112 Å². The summed E-state index contributed by atoms with van der Waals surface area (Å²) < 4.78 is 0. The first-order chi connectivity index (χ1) is 11.8. The summed E-state index contributed by atoms with van der Waals surface area (Å²) in [7, 11) is 0. The number of aromatic nitrogens is 2. The van der Waals surface area contributed by atoms with E-state index >= 15 is 0 Å². The molecule has 0 saturated carbocycles.